The Kier molecular flexibility index (Phi) is 5.81. The SMILES string of the molecule is CCCP(=O)(OCC)OC(C)C. The Bertz CT molecular complexity index is 146. The Balaban J connectivity index is 4.08. The molecule has 0 saturated heterocycles. The molecular formula is C8H19O3P. The third-order valence-electron chi connectivity index (χ3n) is 1.19. The van der Waals surface area contributed by atoms with Gasteiger partial charge in [-0.15, -0.1) is 0 Å². The Morgan fingerprint density at radius 2 is 1.92 bits per heavy atom. The lowest BCUT2D eigenvalue weighted by atomic mass is 10.5. The summed E-state index contributed by atoms with van der Waals surface area (Å²) in [4.78, 5) is 0. The molecular weight excluding hydrogens is 175 g/mol. The summed E-state index contributed by atoms with van der Waals surface area (Å²) < 4.78 is 22.1. The van der Waals surface area contributed by atoms with Gasteiger partial charge in [-0.2, -0.15) is 0 Å². The van der Waals surface area contributed by atoms with Crippen molar-refractivity contribution in [2.24, 2.45) is 0 Å². The van der Waals surface area contributed by atoms with Gasteiger partial charge in [-0.1, -0.05) is 6.92 Å². The van der Waals surface area contributed by atoms with Crippen LogP contribution in [0.4, 0.5) is 0 Å². The Morgan fingerprint density at radius 1 is 1.33 bits per heavy atom. The fourth-order valence-corrected chi connectivity index (χ4v) is 2.82. The van der Waals surface area contributed by atoms with Gasteiger partial charge in [0.1, 0.15) is 0 Å². The van der Waals surface area contributed by atoms with Crippen molar-refractivity contribution in [3.05, 3.63) is 0 Å². The van der Waals surface area contributed by atoms with E-state index < -0.39 is 7.60 Å². The van der Waals surface area contributed by atoms with Crippen molar-refractivity contribution < 1.29 is 13.6 Å². The van der Waals surface area contributed by atoms with Crippen LogP contribution in [0.1, 0.15) is 34.1 Å². The zero-order valence-corrected chi connectivity index (χ0v) is 9.27. The van der Waals surface area contributed by atoms with Crippen molar-refractivity contribution in [2.45, 2.75) is 40.2 Å². The maximum Gasteiger partial charge on any atom is 0.330 e. The summed E-state index contributed by atoms with van der Waals surface area (Å²) in [6, 6.07) is 0. The Morgan fingerprint density at radius 3 is 2.25 bits per heavy atom. The molecule has 0 amide bonds. The highest BCUT2D eigenvalue weighted by molar-refractivity contribution is 7.53. The third-order valence-corrected chi connectivity index (χ3v) is 3.58. The lowest BCUT2D eigenvalue weighted by Crippen LogP contribution is -2.05. The summed E-state index contributed by atoms with van der Waals surface area (Å²) in [5.74, 6) is 0. The smallest absolute Gasteiger partial charge is 0.309 e. The molecule has 0 rings (SSSR count). The molecule has 0 bridgehead atoms. The summed E-state index contributed by atoms with van der Waals surface area (Å²) in [5, 5.41) is 0. The molecule has 74 valence electrons. The van der Waals surface area contributed by atoms with E-state index in [-0.39, 0.29) is 6.10 Å². The van der Waals surface area contributed by atoms with E-state index in [0.717, 1.165) is 6.42 Å². The zero-order valence-electron chi connectivity index (χ0n) is 8.37. The number of rotatable bonds is 6. The maximum atomic E-state index is 11.8. The summed E-state index contributed by atoms with van der Waals surface area (Å²) in [6.07, 6.45) is 1.30. The third kappa shape index (κ3) is 4.91. The van der Waals surface area contributed by atoms with Gasteiger partial charge >= 0.3 is 7.60 Å². The van der Waals surface area contributed by atoms with Gasteiger partial charge in [-0.05, 0) is 27.2 Å². The van der Waals surface area contributed by atoms with Crippen LogP contribution in [0.3, 0.4) is 0 Å². The first-order valence-electron chi connectivity index (χ1n) is 4.46. The molecule has 0 fully saturated rings. The second-order valence-corrected chi connectivity index (χ2v) is 5.04. The first-order chi connectivity index (χ1) is 5.54. The van der Waals surface area contributed by atoms with Gasteiger partial charge in [0.05, 0.1) is 12.7 Å². The number of hydrogen-bond donors (Lipinski definition) is 0. The Hall–Kier alpha value is 0.150. The first-order valence-corrected chi connectivity index (χ1v) is 6.19. The van der Waals surface area contributed by atoms with Crippen LogP contribution in [-0.2, 0) is 13.6 Å². The summed E-state index contributed by atoms with van der Waals surface area (Å²) >= 11 is 0. The molecule has 0 aromatic heterocycles. The van der Waals surface area contributed by atoms with Gasteiger partial charge in [0.25, 0.3) is 0 Å². The lowest BCUT2D eigenvalue weighted by Gasteiger charge is -2.19. The summed E-state index contributed by atoms with van der Waals surface area (Å²) in [5.41, 5.74) is 0. The molecule has 0 spiro atoms. The van der Waals surface area contributed by atoms with E-state index in [0.29, 0.717) is 12.8 Å². The highest BCUT2D eigenvalue weighted by Gasteiger charge is 2.23. The minimum absolute atomic E-state index is 0.0334. The van der Waals surface area contributed by atoms with Crippen LogP contribution in [0.25, 0.3) is 0 Å². The average Bonchev–Trinajstić information content (AvgIpc) is 1.85. The topological polar surface area (TPSA) is 35.5 Å². The van der Waals surface area contributed by atoms with Crippen LogP contribution in [0.15, 0.2) is 0 Å². The van der Waals surface area contributed by atoms with E-state index in [1.54, 1.807) is 0 Å². The van der Waals surface area contributed by atoms with Gasteiger partial charge in [0.2, 0.25) is 0 Å². The Labute approximate surface area is 75.0 Å². The van der Waals surface area contributed by atoms with Crippen molar-refractivity contribution in [3.63, 3.8) is 0 Å². The first kappa shape index (κ1) is 12.2. The fourth-order valence-electron chi connectivity index (χ4n) is 0.939. The molecule has 1 atom stereocenters. The molecule has 0 aliphatic carbocycles. The largest absolute Gasteiger partial charge is 0.330 e. The van der Waals surface area contributed by atoms with Crippen molar-refractivity contribution in [1.29, 1.82) is 0 Å². The van der Waals surface area contributed by atoms with E-state index in [4.69, 9.17) is 9.05 Å². The average molecular weight is 194 g/mol. The van der Waals surface area contributed by atoms with Crippen molar-refractivity contribution >= 4 is 7.60 Å². The molecule has 0 heterocycles. The van der Waals surface area contributed by atoms with E-state index in [1.165, 1.54) is 0 Å². The highest BCUT2D eigenvalue weighted by atomic mass is 31.2. The van der Waals surface area contributed by atoms with E-state index >= 15 is 0 Å². The molecule has 4 heteroatoms. The van der Waals surface area contributed by atoms with Crippen LogP contribution >= 0.6 is 7.60 Å². The van der Waals surface area contributed by atoms with Crippen molar-refractivity contribution in [3.8, 4) is 0 Å². The van der Waals surface area contributed by atoms with Gasteiger partial charge in [-0.3, -0.25) is 4.57 Å². The van der Waals surface area contributed by atoms with Crippen LogP contribution in [0.2, 0.25) is 0 Å². The maximum absolute atomic E-state index is 11.8. The summed E-state index contributed by atoms with van der Waals surface area (Å²) in [6.45, 7) is 7.97. The molecule has 0 aromatic carbocycles. The predicted octanol–water partition coefficient (Wildman–Crippen LogP) is 3.05. The van der Waals surface area contributed by atoms with Gasteiger partial charge in [0, 0.05) is 6.16 Å². The molecule has 0 aliphatic heterocycles. The minimum atomic E-state index is -2.78. The molecule has 0 saturated carbocycles. The van der Waals surface area contributed by atoms with Crippen molar-refractivity contribution in [2.75, 3.05) is 12.8 Å². The molecule has 3 nitrogen and oxygen atoms in total. The molecule has 0 aromatic rings. The number of hydrogen-bond acceptors (Lipinski definition) is 3. The van der Waals surface area contributed by atoms with E-state index in [9.17, 15) is 4.57 Å². The zero-order chi connectivity index (χ0) is 9.61. The van der Waals surface area contributed by atoms with Crippen LogP contribution in [0.5, 0.6) is 0 Å². The van der Waals surface area contributed by atoms with E-state index in [1.807, 2.05) is 27.7 Å². The van der Waals surface area contributed by atoms with Gasteiger partial charge in [0.15, 0.2) is 0 Å². The van der Waals surface area contributed by atoms with Crippen LogP contribution in [-0.4, -0.2) is 18.9 Å². The van der Waals surface area contributed by atoms with Gasteiger partial charge in [-0.25, -0.2) is 0 Å². The monoisotopic (exact) mass is 194 g/mol. The second kappa shape index (κ2) is 5.74. The molecule has 0 N–H and O–H groups in total. The summed E-state index contributed by atoms with van der Waals surface area (Å²) in [7, 11) is -2.78. The normalized spacial score (nSPS) is 16.4. The van der Waals surface area contributed by atoms with E-state index in [2.05, 4.69) is 0 Å². The fraction of sp³-hybridized carbons (Fsp3) is 1.00. The van der Waals surface area contributed by atoms with Crippen molar-refractivity contribution in [1.82, 2.24) is 0 Å². The minimum Gasteiger partial charge on any atom is -0.309 e. The lowest BCUT2D eigenvalue weighted by molar-refractivity contribution is 0.173. The van der Waals surface area contributed by atoms with Crippen LogP contribution in [0, 0.1) is 0 Å². The molecule has 12 heavy (non-hydrogen) atoms. The van der Waals surface area contributed by atoms with Gasteiger partial charge < -0.3 is 9.05 Å². The molecule has 1 unspecified atom stereocenters. The predicted molar refractivity (Wildman–Crippen MR) is 50.6 cm³/mol. The second-order valence-electron chi connectivity index (χ2n) is 2.91. The molecule has 0 radical (unpaired) electrons. The molecule has 0 aliphatic rings. The highest BCUT2D eigenvalue weighted by Crippen LogP contribution is 2.49. The quantitative estimate of drug-likeness (QED) is 0.609. The standard InChI is InChI=1S/C8H19O3P/c1-5-7-12(9,10-6-2)11-8(3)4/h8H,5-7H2,1-4H3. The van der Waals surface area contributed by atoms with Crippen LogP contribution < -0.4 is 0 Å².